The fourth-order valence-corrected chi connectivity index (χ4v) is 4.19. The second-order valence-corrected chi connectivity index (χ2v) is 6.92. The average molecular weight is 359 g/mol. The first kappa shape index (κ1) is 16.8. The van der Waals surface area contributed by atoms with E-state index in [0.29, 0.717) is 17.1 Å². The molecule has 138 valence electrons. The van der Waals surface area contributed by atoms with Crippen LogP contribution >= 0.6 is 0 Å². The highest BCUT2D eigenvalue weighted by atomic mass is 16.5. The van der Waals surface area contributed by atoms with Crippen molar-refractivity contribution in [2.24, 2.45) is 11.8 Å². The molecule has 1 aromatic carbocycles. The standard InChI is InChI=1S/C18H21N3O5/c1-25-9-2-3-10(19)11(8-9)20-14(22)6-7-21-17(23)15-12-4-5-13(26-12)16(15)18(21)24/h2-3,8,12-13,15-16H,4-7,19H2,1H3,(H,20,22). The molecule has 0 aromatic heterocycles. The first-order valence-electron chi connectivity index (χ1n) is 8.73. The van der Waals surface area contributed by atoms with Gasteiger partial charge in [-0.05, 0) is 25.0 Å². The summed E-state index contributed by atoms with van der Waals surface area (Å²) in [6.07, 6.45) is 1.39. The Morgan fingerprint density at radius 3 is 2.54 bits per heavy atom. The van der Waals surface area contributed by atoms with Crippen molar-refractivity contribution >= 4 is 29.1 Å². The minimum Gasteiger partial charge on any atom is -0.497 e. The molecule has 3 N–H and O–H groups in total. The molecule has 0 saturated carbocycles. The number of imide groups is 1. The third-order valence-corrected chi connectivity index (χ3v) is 5.47. The van der Waals surface area contributed by atoms with E-state index in [4.69, 9.17) is 15.2 Å². The van der Waals surface area contributed by atoms with Crippen LogP contribution < -0.4 is 15.8 Å². The Labute approximate surface area is 150 Å². The number of nitrogens with zero attached hydrogens (tertiary/aromatic N) is 1. The Bertz CT molecular complexity index is 752. The first-order valence-corrected chi connectivity index (χ1v) is 8.73. The van der Waals surface area contributed by atoms with Crippen LogP contribution in [0.1, 0.15) is 19.3 Å². The maximum absolute atomic E-state index is 12.6. The number of methoxy groups -OCH3 is 1. The molecule has 8 nitrogen and oxygen atoms in total. The summed E-state index contributed by atoms with van der Waals surface area (Å²) in [6, 6.07) is 4.96. The lowest BCUT2D eigenvalue weighted by Gasteiger charge is -2.17. The van der Waals surface area contributed by atoms with Crippen LogP contribution in [0.15, 0.2) is 18.2 Å². The zero-order valence-corrected chi connectivity index (χ0v) is 14.4. The summed E-state index contributed by atoms with van der Waals surface area (Å²) in [5.74, 6) is -0.886. The lowest BCUT2D eigenvalue weighted by atomic mass is 9.81. The van der Waals surface area contributed by atoms with Gasteiger partial charge in [0.1, 0.15) is 5.75 Å². The third kappa shape index (κ3) is 2.61. The minimum atomic E-state index is -0.363. The summed E-state index contributed by atoms with van der Waals surface area (Å²) in [6.45, 7) is 0.0693. The molecule has 2 bridgehead atoms. The second-order valence-electron chi connectivity index (χ2n) is 6.92. The van der Waals surface area contributed by atoms with Crippen molar-refractivity contribution in [2.75, 3.05) is 24.7 Å². The van der Waals surface area contributed by atoms with Crippen molar-refractivity contribution in [1.29, 1.82) is 0 Å². The van der Waals surface area contributed by atoms with Crippen LogP contribution in [0.25, 0.3) is 0 Å². The molecule has 3 aliphatic rings. The predicted molar refractivity (Wildman–Crippen MR) is 92.2 cm³/mol. The highest BCUT2D eigenvalue weighted by Crippen LogP contribution is 2.48. The topological polar surface area (TPSA) is 111 Å². The molecule has 1 aromatic rings. The Morgan fingerprint density at radius 2 is 1.92 bits per heavy atom. The Balaban J connectivity index is 1.38. The number of hydrogen-bond donors (Lipinski definition) is 2. The second kappa shape index (κ2) is 6.28. The van der Waals surface area contributed by atoms with Gasteiger partial charge in [-0.15, -0.1) is 0 Å². The molecule has 4 unspecified atom stereocenters. The first-order chi connectivity index (χ1) is 12.5. The monoisotopic (exact) mass is 359 g/mol. The smallest absolute Gasteiger partial charge is 0.235 e. The van der Waals surface area contributed by atoms with Crippen LogP contribution in [0.3, 0.4) is 0 Å². The van der Waals surface area contributed by atoms with Crippen molar-refractivity contribution in [3.8, 4) is 5.75 Å². The Hall–Kier alpha value is -2.61. The number of carbonyl (C=O) groups is 3. The molecule has 26 heavy (non-hydrogen) atoms. The third-order valence-electron chi connectivity index (χ3n) is 5.47. The van der Waals surface area contributed by atoms with Gasteiger partial charge in [0, 0.05) is 19.0 Å². The number of amides is 3. The van der Waals surface area contributed by atoms with E-state index < -0.39 is 0 Å². The molecular formula is C18H21N3O5. The van der Waals surface area contributed by atoms with E-state index in [0.717, 1.165) is 12.8 Å². The summed E-state index contributed by atoms with van der Waals surface area (Å²) in [5.41, 5.74) is 6.71. The van der Waals surface area contributed by atoms with E-state index in [1.165, 1.54) is 12.0 Å². The van der Waals surface area contributed by atoms with Crippen LogP contribution in [0.2, 0.25) is 0 Å². The number of likely N-dealkylation sites (tertiary alicyclic amines) is 1. The van der Waals surface area contributed by atoms with Gasteiger partial charge in [0.25, 0.3) is 0 Å². The summed E-state index contributed by atoms with van der Waals surface area (Å²) >= 11 is 0. The van der Waals surface area contributed by atoms with Crippen LogP contribution in [0.4, 0.5) is 11.4 Å². The number of nitrogens with one attached hydrogen (secondary N) is 1. The van der Waals surface area contributed by atoms with E-state index in [1.54, 1.807) is 18.2 Å². The van der Waals surface area contributed by atoms with Gasteiger partial charge in [0.15, 0.2) is 0 Å². The molecule has 3 amide bonds. The number of benzene rings is 1. The molecule has 3 saturated heterocycles. The van der Waals surface area contributed by atoms with Gasteiger partial charge in [-0.1, -0.05) is 0 Å². The van der Waals surface area contributed by atoms with Crippen molar-refractivity contribution in [2.45, 2.75) is 31.5 Å². The lowest BCUT2D eigenvalue weighted by Crippen LogP contribution is -2.36. The summed E-state index contributed by atoms with van der Waals surface area (Å²) < 4.78 is 10.8. The Morgan fingerprint density at radius 1 is 1.27 bits per heavy atom. The number of anilines is 2. The van der Waals surface area contributed by atoms with E-state index in [-0.39, 0.29) is 54.7 Å². The maximum Gasteiger partial charge on any atom is 0.235 e. The van der Waals surface area contributed by atoms with Gasteiger partial charge < -0.3 is 20.5 Å². The molecular weight excluding hydrogens is 338 g/mol. The fraction of sp³-hybridized carbons (Fsp3) is 0.500. The molecule has 0 radical (unpaired) electrons. The molecule has 0 spiro atoms. The molecule has 3 aliphatic heterocycles. The molecule has 3 heterocycles. The van der Waals surface area contributed by atoms with Gasteiger partial charge in [0.2, 0.25) is 17.7 Å². The quantitative estimate of drug-likeness (QED) is 0.593. The zero-order valence-electron chi connectivity index (χ0n) is 14.4. The number of nitrogen functional groups attached to an aromatic ring is 1. The summed E-state index contributed by atoms with van der Waals surface area (Å²) in [4.78, 5) is 38.6. The van der Waals surface area contributed by atoms with Crippen LogP contribution in [0, 0.1) is 11.8 Å². The molecule has 4 atom stereocenters. The highest BCUT2D eigenvalue weighted by molar-refractivity contribution is 6.06. The number of rotatable bonds is 5. The number of fused-ring (bicyclic) bond motifs is 5. The number of hydrogen-bond acceptors (Lipinski definition) is 6. The lowest BCUT2D eigenvalue weighted by molar-refractivity contribution is -0.142. The number of ether oxygens (including phenoxy) is 2. The molecule has 8 heteroatoms. The van der Waals surface area contributed by atoms with E-state index in [2.05, 4.69) is 5.32 Å². The van der Waals surface area contributed by atoms with Gasteiger partial charge in [-0.2, -0.15) is 0 Å². The number of nitrogens with two attached hydrogens (primary N) is 1. The fourth-order valence-electron chi connectivity index (χ4n) is 4.19. The van der Waals surface area contributed by atoms with Crippen molar-refractivity contribution in [3.05, 3.63) is 18.2 Å². The van der Waals surface area contributed by atoms with Crippen molar-refractivity contribution in [3.63, 3.8) is 0 Å². The van der Waals surface area contributed by atoms with E-state index in [9.17, 15) is 14.4 Å². The largest absolute Gasteiger partial charge is 0.497 e. The summed E-state index contributed by atoms with van der Waals surface area (Å²) in [5, 5.41) is 2.70. The molecule has 3 fully saturated rings. The maximum atomic E-state index is 12.6. The minimum absolute atomic E-state index is 0.0176. The van der Waals surface area contributed by atoms with Crippen LogP contribution in [-0.4, -0.2) is 48.5 Å². The van der Waals surface area contributed by atoms with Crippen LogP contribution in [0.5, 0.6) is 5.75 Å². The van der Waals surface area contributed by atoms with Gasteiger partial charge in [-0.3, -0.25) is 19.3 Å². The van der Waals surface area contributed by atoms with E-state index >= 15 is 0 Å². The molecule has 0 aliphatic carbocycles. The van der Waals surface area contributed by atoms with Gasteiger partial charge in [0.05, 0.1) is 42.5 Å². The van der Waals surface area contributed by atoms with Crippen LogP contribution in [-0.2, 0) is 19.1 Å². The van der Waals surface area contributed by atoms with E-state index in [1.807, 2.05) is 0 Å². The average Bonchev–Trinajstić information content (AvgIpc) is 3.30. The van der Waals surface area contributed by atoms with Gasteiger partial charge in [-0.25, -0.2) is 0 Å². The predicted octanol–water partition coefficient (Wildman–Crippen LogP) is 0.768. The molecule has 4 rings (SSSR count). The van der Waals surface area contributed by atoms with Crippen molar-refractivity contribution in [1.82, 2.24) is 4.90 Å². The highest BCUT2D eigenvalue weighted by Gasteiger charge is 2.62. The summed E-state index contributed by atoms with van der Waals surface area (Å²) in [7, 11) is 1.52. The normalized spacial score (nSPS) is 29.2. The number of carbonyl (C=O) groups excluding carboxylic acids is 3. The SMILES string of the molecule is COc1ccc(N)c(NC(=O)CCN2C(=O)C3C4CCC(O4)C3C2=O)c1. The Kier molecular flexibility index (Phi) is 4.07. The van der Waals surface area contributed by atoms with Gasteiger partial charge >= 0.3 is 0 Å². The van der Waals surface area contributed by atoms with Crippen molar-refractivity contribution < 1.29 is 23.9 Å². The zero-order chi connectivity index (χ0) is 18.4.